The Kier molecular flexibility index (Phi) is 6.38. The Morgan fingerprint density at radius 2 is 2.04 bits per heavy atom. The highest BCUT2D eigenvalue weighted by Gasteiger charge is 2.09. The van der Waals surface area contributed by atoms with Gasteiger partial charge in [-0.25, -0.2) is 4.98 Å². The number of pyridine rings is 1. The van der Waals surface area contributed by atoms with Gasteiger partial charge < -0.3 is 14.8 Å². The normalized spacial score (nSPS) is 10.4. The van der Waals surface area contributed by atoms with Crippen LogP contribution in [-0.2, 0) is 17.6 Å². The van der Waals surface area contributed by atoms with Gasteiger partial charge in [-0.2, -0.15) is 0 Å². The van der Waals surface area contributed by atoms with Crippen molar-refractivity contribution in [3.63, 3.8) is 0 Å². The molecule has 140 valence electrons. The summed E-state index contributed by atoms with van der Waals surface area (Å²) < 4.78 is 10.5. The Morgan fingerprint density at radius 1 is 1.19 bits per heavy atom. The summed E-state index contributed by atoms with van der Waals surface area (Å²) in [4.78, 5) is 20.9. The molecule has 0 saturated heterocycles. The summed E-state index contributed by atoms with van der Waals surface area (Å²) in [6.07, 6.45) is 4.52. The van der Waals surface area contributed by atoms with E-state index in [-0.39, 0.29) is 5.91 Å². The van der Waals surface area contributed by atoms with Crippen LogP contribution < -0.4 is 14.8 Å². The molecular formula is C20H21N3O3S. The lowest BCUT2D eigenvalue weighted by Gasteiger charge is -2.09. The molecule has 0 aliphatic heterocycles. The minimum atomic E-state index is -0.0359. The van der Waals surface area contributed by atoms with E-state index in [0.717, 1.165) is 21.8 Å². The SMILES string of the molecule is COc1ccc(CC(=O)NCCc2nc(-c3cccnc3)cs2)cc1OC. The molecule has 2 heterocycles. The maximum absolute atomic E-state index is 12.2. The third kappa shape index (κ3) is 5.04. The standard InChI is InChI=1S/C20H21N3O3S/c1-25-17-6-5-14(10-18(17)26-2)11-19(24)22-9-7-20-23-16(13-27-20)15-4-3-8-21-12-15/h3-6,8,10,12-13H,7,9,11H2,1-2H3,(H,22,24). The number of hydrogen-bond donors (Lipinski definition) is 1. The number of methoxy groups -OCH3 is 2. The summed E-state index contributed by atoms with van der Waals surface area (Å²) in [6, 6.07) is 9.36. The van der Waals surface area contributed by atoms with Crippen LogP contribution in [0.1, 0.15) is 10.6 Å². The summed E-state index contributed by atoms with van der Waals surface area (Å²) in [7, 11) is 3.16. The number of nitrogens with one attached hydrogen (secondary N) is 1. The number of aromatic nitrogens is 2. The first kappa shape index (κ1) is 18.8. The molecule has 0 fully saturated rings. The van der Waals surface area contributed by atoms with Crippen molar-refractivity contribution in [1.82, 2.24) is 15.3 Å². The first-order chi connectivity index (χ1) is 13.2. The second-order valence-electron chi connectivity index (χ2n) is 5.83. The van der Waals surface area contributed by atoms with Crippen molar-refractivity contribution in [3.05, 3.63) is 58.7 Å². The number of ether oxygens (including phenoxy) is 2. The molecule has 3 aromatic rings. The van der Waals surface area contributed by atoms with E-state index >= 15 is 0 Å². The summed E-state index contributed by atoms with van der Waals surface area (Å²) in [5, 5.41) is 5.94. The van der Waals surface area contributed by atoms with Crippen molar-refractivity contribution >= 4 is 17.2 Å². The van der Waals surface area contributed by atoms with Crippen molar-refractivity contribution in [2.24, 2.45) is 0 Å². The zero-order chi connectivity index (χ0) is 19.1. The molecule has 3 rings (SSSR count). The van der Waals surface area contributed by atoms with Crippen LogP contribution in [0.15, 0.2) is 48.1 Å². The second kappa shape index (κ2) is 9.14. The minimum absolute atomic E-state index is 0.0359. The molecule has 0 aliphatic carbocycles. The Morgan fingerprint density at radius 3 is 2.78 bits per heavy atom. The zero-order valence-electron chi connectivity index (χ0n) is 15.3. The number of benzene rings is 1. The fraction of sp³-hybridized carbons (Fsp3) is 0.250. The number of carbonyl (C=O) groups excluding carboxylic acids is 1. The molecule has 27 heavy (non-hydrogen) atoms. The summed E-state index contributed by atoms with van der Waals surface area (Å²) in [5.74, 6) is 1.23. The van der Waals surface area contributed by atoms with Crippen LogP contribution in [0.5, 0.6) is 11.5 Å². The van der Waals surface area contributed by atoms with Crippen LogP contribution >= 0.6 is 11.3 Å². The van der Waals surface area contributed by atoms with Gasteiger partial charge in [0.05, 0.1) is 31.3 Å². The topological polar surface area (TPSA) is 73.3 Å². The Bertz CT molecular complexity index is 896. The molecule has 0 unspecified atom stereocenters. The molecule has 1 N–H and O–H groups in total. The number of amides is 1. The molecule has 0 saturated carbocycles. The van der Waals surface area contributed by atoms with Crippen LogP contribution in [0.3, 0.4) is 0 Å². The second-order valence-corrected chi connectivity index (χ2v) is 6.78. The number of thiazole rings is 1. The van der Waals surface area contributed by atoms with Gasteiger partial charge in [-0.15, -0.1) is 11.3 Å². The van der Waals surface area contributed by atoms with Gasteiger partial charge in [0.25, 0.3) is 0 Å². The van der Waals surface area contributed by atoms with Gasteiger partial charge in [0.15, 0.2) is 11.5 Å². The van der Waals surface area contributed by atoms with Crippen LogP contribution in [-0.4, -0.2) is 36.6 Å². The predicted molar refractivity (Wildman–Crippen MR) is 105 cm³/mol. The van der Waals surface area contributed by atoms with E-state index in [0.29, 0.717) is 30.9 Å². The summed E-state index contributed by atoms with van der Waals surface area (Å²) >= 11 is 1.59. The van der Waals surface area contributed by atoms with Gasteiger partial charge in [0.1, 0.15) is 0 Å². The van der Waals surface area contributed by atoms with E-state index in [1.54, 1.807) is 44.0 Å². The third-order valence-corrected chi connectivity index (χ3v) is 4.89. The molecule has 2 aromatic heterocycles. The average Bonchev–Trinajstić information content (AvgIpc) is 3.17. The molecule has 0 bridgehead atoms. The largest absolute Gasteiger partial charge is 0.493 e. The Labute approximate surface area is 162 Å². The molecule has 0 radical (unpaired) electrons. The van der Waals surface area contributed by atoms with Crippen molar-refractivity contribution < 1.29 is 14.3 Å². The van der Waals surface area contributed by atoms with Crippen LogP contribution in [0.4, 0.5) is 0 Å². The predicted octanol–water partition coefficient (Wildman–Crippen LogP) is 3.12. The van der Waals surface area contributed by atoms with Crippen molar-refractivity contribution in [2.75, 3.05) is 20.8 Å². The van der Waals surface area contributed by atoms with E-state index in [1.807, 2.05) is 29.6 Å². The maximum atomic E-state index is 12.2. The fourth-order valence-corrected chi connectivity index (χ4v) is 3.43. The molecule has 7 heteroatoms. The van der Waals surface area contributed by atoms with Crippen LogP contribution in [0.25, 0.3) is 11.3 Å². The molecular weight excluding hydrogens is 362 g/mol. The molecule has 0 aliphatic rings. The van der Waals surface area contributed by atoms with Crippen molar-refractivity contribution in [2.45, 2.75) is 12.8 Å². The van der Waals surface area contributed by atoms with Gasteiger partial charge in [-0.3, -0.25) is 9.78 Å². The number of hydrogen-bond acceptors (Lipinski definition) is 6. The maximum Gasteiger partial charge on any atom is 0.224 e. The Hall–Kier alpha value is -2.93. The minimum Gasteiger partial charge on any atom is -0.493 e. The zero-order valence-corrected chi connectivity index (χ0v) is 16.1. The van der Waals surface area contributed by atoms with E-state index in [9.17, 15) is 4.79 Å². The van der Waals surface area contributed by atoms with Crippen molar-refractivity contribution in [3.8, 4) is 22.8 Å². The highest BCUT2D eigenvalue weighted by molar-refractivity contribution is 7.09. The number of nitrogens with zero attached hydrogens (tertiary/aromatic N) is 2. The molecule has 1 aromatic carbocycles. The lowest BCUT2D eigenvalue weighted by atomic mass is 10.1. The molecule has 0 atom stereocenters. The van der Waals surface area contributed by atoms with E-state index in [1.165, 1.54) is 0 Å². The van der Waals surface area contributed by atoms with Gasteiger partial charge in [0.2, 0.25) is 5.91 Å². The van der Waals surface area contributed by atoms with Gasteiger partial charge in [-0.05, 0) is 29.8 Å². The summed E-state index contributed by atoms with van der Waals surface area (Å²) in [5.41, 5.74) is 2.79. The molecule has 1 amide bonds. The summed E-state index contributed by atoms with van der Waals surface area (Å²) in [6.45, 7) is 0.548. The van der Waals surface area contributed by atoms with E-state index in [2.05, 4.69) is 15.3 Å². The smallest absolute Gasteiger partial charge is 0.224 e. The van der Waals surface area contributed by atoms with Gasteiger partial charge in [-0.1, -0.05) is 6.07 Å². The Balaban J connectivity index is 1.49. The fourth-order valence-electron chi connectivity index (χ4n) is 2.62. The lowest BCUT2D eigenvalue weighted by molar-refractivity contribution is -0.120. The average molecular weight is 383 g/mol. The van der Waals surface area contributed by atoms with Crippen molar-refractivity contribution in [1.29, 1.82) is 0 Å². The van der Waals surface area contributed by atoms with E-state index < -0.39 is 0 Å². The van der Waals surface area contributed by atoms with Crippen LogP contribution in [0.2, 0.25) is 0 Å². The van der Waals surface area contributed by atoms with Gasteiger partial charge >= 0.3 is 0 Å². The highest BCUT2D eigenvalue weighted by atomic mass is 32.1. The monoisotopic (exact) mass is 383 g/mol. The van der Waals surface area contributed by atoms with E-state index in [4.69, 9.17) is 9.47 Å². The first-order valence-corrected chi connectivity index (χ1v) is 9.40. The number of rotatable bonds is 8. The molecule has 0 spiro atoms. The first-order valence-electron chi connectivity index (χ1n) is 8.52. The van der Waals surface area contributed by atoms with Crippen LogP contribution in [0, 0.1) is 0 Å². The highest BCUT2D eigenvalue weighted by Crippen LogP contribution is 2.27. The molecule has 6 nitrogen and oxygen atoms in total. The van der Waals surface area contributed by atoms with Gasteiger partial charge in [0, 0.05) is 36.3 Å². The quantitative estimate of drug-likeness (QED) is 0.647. The number of carbonyl (C=O) groups is 1. The third-order valence-electron chi connectivity index (χ3n) is 3.98. The lowest BCUT2D eigenvalue weighted by Crippen LogP contribution is -2.27.